The van der Waals surface area contributed by atoms with Crippen molar-refractivity contribution in [3.8, 4) is 0 Å². The number of methoxy groups -OCH3 is 1. The lowest BCUT2D eigenvalue weighted by Gasteiger charge is -2.43. The number of hydrogen-bond donors (Lipinski definition) is 1. The molecule has 0 saturated heterocycles. The minimum atomic E-state index is 0.477. The minimum absolute atomic E-state index is 0.477. The summed E-state index contributed by atoms with van der Waals surface area (Å²) in [6.07, 6.45) is 6.99. The second-order valence-electron chi connectivity index (χ2n) is 7.64. The van der Waals surface area contributed by atoms with Crippen LogP contribution in [0.25, 0.3) is 0 Å². The number of rotatable bonds is 10. The van der Waals surface area contributed by atoms with Gasteiger partial charge in [0.1, 0.15) is 0 Å². The highest BCUT2D eigenvalue weighted by molar-refractivity contribution is 4.88. The van der Waals surface area contributed by atoms with E-state index in [1.54, 1.807) is 7.11 Å². The van der Waals surface area contributed by atoms with Crippen molar-refractivity contribution in [3.05, 3.63) is 0 Å². The molecule has 1 aliphatic carbocycles. The Bertz CT molecular complexity index is 260. The Morgan fingerprint density at radius 3 is 2.29 bits per heavy atom. The van der Waals surface area contributed by atoms with Crippen molar-refractivity contribution in [1.29, 1.82) is 0 Å². The van der Waals surface area contributed by atoms with Crippen molar-refractivity contribution in [1.82, 2.24) is 10.2 Å². The van der Waals surface area contributed by atoms with Crippen LogP contribution < -0.4 is 5.32 Å². The molecule has 0 aromatic rings. The Balaban J connectivity index is 2.61. The second kappa shape index (κ2) is 9.81. The molecule has 0 aromatic carbocycles. The third-order valence-electron chi connectivity index (χ3n) is 4.82. The summed E-state index contributed by atoms with van der Waals surface area (Å²) in [5.74, 6) is 0.736. The Kier molecular flexibility index (Phi) is 8.84. The quantitative estimate of drug-likeness (QED) is 0.667. The zero-order chi connectivity index (χ0) is 15.7. The molecule has 0 spiro atoms. The topological polar surface area (TPSA) is 24.5 Å². The lowest BCUT2D eigenvalue weighted by Crippen LogP contribution is -2.48. The first kappa shape index (κ1) is 18.9. The van der Waals surface area contributed by atoms with Gasteiger partial charge < -0.3 is 10.1 Å². The van der Waals surface area contributed by atoms with Crippen LogP contribution in [0.2, 0.25) is 0 Å². The molecule has 0 heterocycles. The first-order valence-corrected chi connectivity index (χ1v) is 8.93. The van der Waals surface area contributed by atoms with E-state index in [0.29, 0.717) is 11.5 Å². The third kappa shape index (κ3) is 7.12. The van der Waals surface area contributed by atoms with E-state index in [-0.39, 0.29) is 0 Å². The normalized spacial score (nSPS) is 18.9. The Labute approximate surface area is 132 Å². The van der Waals surface area contributed by atoms with Crippen LogP contribution in [0.5, 0.6) is 0 Å². The molecule has 21 heavy (non-hydrogen) atoms. The fourth-order valence-corrected chi connectivity index (χ4v) is 3.48. The van der Waals surface area contributed by atoms with Crippen LogP contribution in [-0.2, 0) is 4.74 Å². The average molecular weight is 299 g/mol. The summed E-state index contributed by atoms with van der Waals surface area (Å²) in [5.41, 5.74) is 0.477. The van der Waals surface area contributed by atoms with Crippen LogP contribution in [0.4, 0.5) is 0 Å². The Morgan fingerprint density at radius 2 is 1.76 bits per heavy atom. The molecule has 1 fully saturated rings. The van der Waals surface area contributed by atoms with E-state index in [0.717, 1.165) is 25.6 Å². The van der Waals surface area contributed by atoms with Crippen LogP contribution in [0.3, 0.4) is 0 Å². The summed E-state index contributed by atoms with van der Waals surface area (Å²) in [6, 6.07) is 0.601. The van der Waals surface area contributed by atoms with E-state index in [2.05, 4.69) is 37.9 Å². The van der Waals surface area contributed by atoms with Crippen molar-refractivity contribution < 1.29 is 4.74 Å². The van der Waals surface area contributed by atoms with Crippen LogP contribution in [-0.4, -0.2) is 50.8 Å². The summed E-state index contributed by atoms with van der Waals surface area (Å²) >= 11 is 0. The largest absolute Gasteiger partial charge is 0.383 e. The van der Waals surface area contributed by atoms with Gasteiger partial charge in [-0.1, -0.05) is 33.1 Å². The molecule has 0 amide bonds. The number of ether oxygens (including phenoxy) is 1. The molecule has 1 saturated carbocycles. The molecule has 1 rings (SSSR count). The monoisotopic (exact) mass is 298 g/mol. The fourth-order valence-electron chi connectivity index (χ4n) is 3.48. The second-order valence-corrected chi connectivity index (χ2v) is 7.64. The van der Waals surface area contributed by atoms with Gasteiger partial charge in [-0.25, -0.2) is 0 Å². The lowest BCUT2D eigenvalue weighted by molar-refractivity contribution is 0.0609. The van der Waals surface area contributed by atoms with Crippen LogP contribution in [0.1, 0.15) is 59.8 Å². The van der Waals surface area contributed by atoms with Gasteiger partial charge in [0, 0.05) is 32.8 Å². The zero-order valence-corrected chi connectivity index (χ0v) is 15.1. The van der Waals surface area contributed by atoms with Gasteiger partial charge in [-0.05, 0) is 44.6 Å². The van der Waals surface area contributed by atoms with Crippen molar-refractivity contribution in [3.63, 3.8) is 0 Å². The highest BCUT2D eigenvalue weighted by Gasteiger charge is 2.34. The molecular weight excluding hydrogens is 260 g/mol. The van der Waals surface area contributed by atoms with Crippen LogP contribution in [0, 0.1) is 11.3 Å². The van der Waals surface area contributed by atoms with Crippen molar-refractivity contribution in [2.75, 3.05) is 39.9 Å². The summed E-state index contributed by atoms with van der Waals surface area (Å²) < 4.78 is 5.30. The third-order valence-corrected chi connectivity index (χ3v) is 4.82. The van der Waals surface area contributed by atoms with E-state index in [4.69, 9.17) is 4.74 Å². The lowest BCUT2D eigenvalue weighted by atomic mass is 9.73. The molecule has 1 N–H and O–H groups in total. The summed E-state index contributed by atoms with van der Waals surface area (Å²) in [6.45, 7) is 14.6. The standard InChI is InChI=1S/C18H38N2O/c1-16(2)13-19-14-18(9-7-6-8-10-18)15-20(17(3)4)11-12-21-5/h16-17,19H,6-15H2,1-5H3. The smallest absolute Gasteiger partial charge is 0.0589 e. The highest BCUT2D eigenvalue weighted by atomic mass is 16.5. The van der Waals surface area contributed by atoms with Gasteiger partial charge in [0.15, 0.2) is 0 Å². The Morgan fingerprint density at radius 1 is 1.10 bits per heavy atom. The minimum Gasteiger partial charge on any atom is -0.383 e. The maximum absolute atomic E-state index is 5.30. The molecule has 0 bridgehead atoms. The van der Waals surface area contributed by atoms with E-state index < -0.39 is 0 Å². The Hall–Kier alpha value is -0.120. The summed E-state index contributed by atoms with van der Waals surface area (Å²) in [5, 5.41) is 3.74. The molecule has 0 aliphatic heterocycles. The maximum atomic E-state index is 5.30. The van der Waals surface area contributed by atoms with Crippen molar-refractivity contribution >= 4 is 0 Å². The number of hydrogen-bond acceptors (Lipinski definition) is 3. The SMILES string of the molecule is COCCN(CC1(CNCC(C)C)CCCCC1)C(C)C. The van der Waals surface area contributed by atoms with Crippen LogP contribution >= 0.6 is 0 Å². The van der Waals surface area contributed by atoms with Crippen molar-refractivity contribution in [2.24, 2.45) is 11.3 Å². The van der Waals surface area contributed by atoms with E-state index in [1.807, 2.05) is 0 Å². The molecule has 1 aliphatic rings. The molecule has 3 nitrogen and oxygen atoms in total. The van der Waals surface area contributed by atoms with Gasteiger partial charge in [-0.2, -0.15) is 0 Å². The first-order valence-electron chi connectivity index (χ1n) is 8.93. The van der Waals surface area contributed by atoms with E-state index >= 15 is 0 Å². The maximum Gasteiger partial charge on any atom is 0.0589 e. The predicted molar refractivity (Wildman–Crippen MR) is 91.8 cm³/mol. The first-order chi connectivity index (χ1) is 9.99. The van der Waals surface area contributed by atoms with Gasteiger partial charge in [-0.15, -0.1) is 0 Å². The molecule has 0 aromatic heterocycles. The molecule has 3 heteroatoms. The number of nitrogens with zero attached hydrogens (tertiary/aromatic N) is 1. The predicted octanol–water partition coefficient (Wildman–Crippen LogP) is 3.54. The fraction of sp³-hybridized carbons (Fsp3) is 1.00. The molecule has 0 atom stereocenters. The average Bonchev–Trinajstić information content (AvgIpc) is 2.44. The summed E-state index contributed by atoms with van der Waals surface area (Å²) in [4.78, 5) is 2.62. The van der Waals surface area contributed by atoms with Gasteiger partial charge in [0.2, 0.25) is 0 Å². The van der Waals surface area contributed by atoms with E-state index in [9.17, 15) is 0 Å². The molecule has 0 radical (unpaired) electrons. The van der Waals surface area contributed by atoms with Gasteiger partial charge in [0.05, 0.1) is 6.61 Å². The van der Waals surface area contributed by atoms with Gasteiger partial charge >= 0.3 is 0 Å². The molecule has 0 unspecified atom stereocenters. The zero-order valence-electron chi connectivity index (χ0n) is 15.1. The van der Waals surface area contributed by atoms with E-state index in [1.165, 1.54) is 45.2 Å². The number of nitrogens with one attached hydrogen (secondary N) is 1. The van der Waals surface area contributed by atoms with Gasteiger partial charge in [0.25, 0.3) is 0 Å². The molecular formula is C18H38N2O. The van der Waals surface area contributed by atoms with Crippen LogP contribution in [0.15, 0.2) is 0 Å². The highest BCUT2D eigenvalue weighted by Crippen LogP contribution is 2.37. The van der Waals surface area contributed by atoms with Crippen molar-refractivity contribution in [2.45, 2.75) is 65.8 Å². The summed E-state index contributed by atoms with van der Waals surface area (Å²) in [7, 11) is 1.80. The van der Waals surface area contributed by atoms with Gasteiger partial charge in [-0.3, -0.25) is 4.90 Å². The molecule has 126 valence electrons.